The summed E-state index contributed by atoms with van der Waals surface area (Å²) in [5, 5.41) is 10.4. The van der Waals surface area contributed by atoms with Crippen molar-refractivity contribution in [3.63, 3.8) is 0 Å². The molecule has 0 aromatic heterocycles. The maximum absolute atomic E-state index is 12.4. The van der Waals surface area contributed by atoms with Crippen LogP contribution in [0.2, 0.25) is 0 Å². The molecule has 1 heterocycles. The number of hydrogen-bond acceptors (Lipinski definition) is 3. The molecule has 1 fully saturated rings. The summed E-state index contributed by atoms with van der Waals surface area (Å²) < 4.78 is 6.68. The molecule has 1 saturated heterocycles. The molecule has 4 heteroatoms. The van der Waals surface area contributed by atoms with Crippen LogP contribution >= 0.6 is 0 Å². The molecule has 150 valence electrons. The number of carbonyl (C=O) groups is 1. The Kier molecular flexibility index (Phi) is 7.24. The lowest BCUT2D eigenvalue weighted by molar-refractivity contribution is -0.916. The van der Waals surface area contributed by atoms with Crippen LogP contribution in [0.15, 0.2) is 54.6 Å². The van der Waals surface area contributed by atoms with E-state index in [0.29, 0.717) is 17.7 Å². The summed E-state index contributed by atoms with van der Waals surface area (Å²) in [4.78, 5) is 12.4. The van der Waals surface area contributed by atoms with Gasteiger partial charge in [-0.15, -0.1) is 0 Å². The van der Waals surface area contributed by atoms with E-state index in [1.807, 2.05) is 54.6 Å². The van der Waals surface area contributed by atoms with Crippen molar-refractivity contribution in [2.24, 2.45) is 0 Å². The average Bonchev–Trinajstić information content (AvgIpc) is 2.72. The van der Waals surface area contributed by atoms with Crippen LogP contribution in [0.5, 0.6) is 5.75 Å². The molecule has 28 heavy (non-hydrogen) atoms. The predicted molar refractivity (Wildman–Crippen MR) is 112 cm³/mol. The third-order valence-corrected chi connectivity index (χ3v) is 5.65. The highest BCUT2D eigenvalue weighted by atomic mass is 16.5. The van der Waals surface area contributed by atoms with E-state index in [1.54, 1.807) is 0 Å². The maximum atomic E-state index is 12.4. The summed E-state index contributed by atoms with van der Waals surface area (Å²) in [6.07, 6.45) is 4.56. The largest absolute Gasteiger partial charge is 0.491 e. The number of piperidine rings is 1. The van der Waals surface area contributed by atoms with Crippen LogP contribution in [0.3, 0.4) is 0 Å². The highest BCUT2D eigenvalue weighted by Gasteiger charge is 2.27. The van der Waals surface area contributed by atoms with Crippen LogP contribution in [-0.2, 0) is 6.42 Å². The first-order valence-electron chi connectivity index (χ1n) is 10.4. The van der Waals surface area contributed by atoms with Gasteiger partial charge in [-0.3, -0.25) is 4.79 Å². The molecule has 0 spiro atoms. The molecule has 4 nitrogen and oxygen atoms in total. The van der Waals surface area contributed by atoms with E-state index in [1.165, 1.54) is 24.8 Å². The van der Waals surface area contributed by atoms with Crippen molar-refractivity contribution >= 4 is 5.78 Å². The van der Waals surface area contributed by atoms with Gasteiger partial charge in [0.05, 0.1) is 20.1 Å². The molecule has 0 amide bonds. The Hall–Kier alpha value is -2.17. The topological polar surface area (TPSA) is 46.5 Å². The lowest BCUT2D eigenvalue weighted by atomic mass is 10.0. The fourth-order valence-electron chi connectivity index (χ4n) is 4.00. The normalized spacial score (nSPS) is 17.1. The zero-order valence-electron chi connectivity index (χ0n) is 16.8. The first-order chi connectivity index (χ1) is 13.5. The number of aliphatic hydroxyl groups is 1. The Balaban J connectivity index is 1.44. The number of carbonyl (C=O) groups excluding carboxylic acids is 1. The van der Waals surface area contributed by atoms with Gasteiger partial charge in [0.25, 0.3) is 0 Å². The van der Waals surface area contributed by atoms with Crippen molar-refractivity contribution in [1.29, 1.82) is 0 Å². The molecule has 1 aliphatic rings. The second kappa shape index (κ2) is 9.85. The van der Waals surface area contributed by atoms with E-state index in [9.17, 15) is 9.90 Å². The summed E-state index contributed by atoms with van der Waals surface area (Å²) in [5.41, 5.74) is 1.88. The summed E-state index contributed by atoms with van der Waals surface area (Å²) in [6, 6.07) is 17.3. The van der Waals surface area contributed by atoms with Gasteiger partial charge in [-0.25, -0.2) is 0 Å². The minimum atomic E-state index is -0.477. The number of ether oxygens (including phenoxy) is 1. The molecular formula is C24H32NO3+. The maximum Gasteiger partial charge on any atom is 0.163 e. The zero-order valence-corrected chi connectivity index (χ0v) is 16.8. The minimum absolute atomic E-state index is 0.137. The summed E-state index contributed by atoms with van der Waals surface area (Å²) in [5.74, 6) is 0.831. The molecule has 0 saturated carbocycles. The molecule has 0 bridgehead atoms. The molecule has 3 rings (SSSR count). The monoisotopic (exact) mass is 382 g/mol. The number of benzene rings is 2. The van der Waals surface area contributed by atoms with E-state index in [4.69, 9.17) is 4.74 Å². The van der Waals surface area contributed by atoms with Gasteiger partial charge in [0.15, 0.2) is 5.78 Å². The van der Waals surface area contributed by atoms with E-state index < -0.39 is 6.10 Å². The van der Waals surface area contributed by atoms with Crippen molar-refractivity contribution < 1.29 is 19.1 Å². The van der Waals surface area contributed by atoms with E-state index in [2.05, 4.69) is 7.05 Å². The summed E-state index contributed by atoms with van der Waals surface area (Å²) in [7, 11) is 2.22. The van der Waals surface area contributed by atoms with Crippen LogP contribution in [0, 0.1) is 0 Å². The molecule has 1 atom stereocenters. The van der Waals surface area contributed by atoms with Crippen molar-refractivity contribution in [2.45, 2.75) is 38.2 Å². The number of Topliss-reactive ketones (excluding diaryl/α,β-unsaturated/α-hetero) is 1. The van der Waals surface area contributed by atoms with Crippen molar-refractivity contribution in [2.75, 3.05) is 33.3 Å². The number of likely N-dealkylation sites (tertiary alicyclic amines) is 1. The lowest BCUT2D eigenvalue weighted by Gasteiger charge is -2.39. The van der Waals surface area contributed by atoms with Crippen molar-refractivity contribution in [3.05, 3.63) is 65.7 Å². The number of aryl methyl sites for hydroxylation is 1. The van der Waals surface area contributed by atoms with Gasteiger partial charge in [0.1, 0.15) is 25.0 Å². The zero-order chi connectivity index (χ0) is 19.8. The Morgan fingerprint density at radius 3 is 2.39 bits per heavy atom. The van der Waals surface area contributed by atoms with Crippen LogP contribution in [0.1, 0.15) is 41.6 Å². The van der Waals surface area contributed by atoms with E-state index >= 15 is 0 Å². The molecule has 1 unspecified atom stereocenters. The Morgan fingerprint density at radius 1 is 1.04 bits per heavy atom. The van der Waals surface area contributed by atoms with Crippen LogP contribution in [0.25, 0.3) is 0 Å². The standard InChI is InChI=1S/C24H32NO3/c1-25(16-6-3-7-17-25)18-22(26)19-28-23-13-11-21(12-14-23)24(27)15-10-20-8-4-2-5-9-20/h2,4-5,8-9,11-14,22,26H,3,6-7,10,15-19H2,1H3/q+1. The number of hydrogen-bond donors (Lipinski definition) is 1. The van der Waals surface area contributed by atoms with Gasteiger partial charge < -0.3 is 14.3 Å². The minimum Gasteiger partial charge on any atom is -0.491 e. The number of rotatable bonds is 9. The first kappa shape index (κ1) is 20.6. The van der Waals surface area contributed by atoms with Gasteiger partial charge >= 0.3 is 0 Å². The molecule has 2 aromatic rings. The highest BCUT2D eigenvalue weighted by molar-refractivity contribution is 5.96. The molecular weight excluding hydrogens is 350 g/mol. The molecule has 1 N–H and O–H groups in total. The smallest absolute Gasteiger partial charge is 0.163 e. The number of nitrogens with zero attached hydrogens (tertiary/aromatic N) is 1. The molecule has 2 aromatic carbocycles. The van der Waals surface area contributed by atoms with Gasteiger partial charge in [-0.1, -0.05) is 30.3 Å². The van der Waals surface area contributed by atoms with E-state index in [0.717, 1.165) is 30.5 Å². The fourth-order valence-corrected chi connectivity index (χ4v) is 4.00. The van der Waals surface area contributed by atoms with Crippen LogP contribution in [0.4, 0.5) is 0 Å². The fraction of sp³-hybridized carbons (Fsp3) is 0.458. The molecule has 1 aliphatic heterocycles. The van der Waals surface area contributed by atoms with Gasteiger partial charge in [0.2, 0.25) is 0 Å². The molecule has 0 aliphatic carbocycles. The van der Waals surface area contributed by atoms with Crippen molar-refractivity contribution in [3.8, 4) is 5.75 Å². The third-order valence-electron chi connectivity index (χ3n) is 5.65. The van der Waals surface area contributed by atoms with Crippen molar-refractivity contribution in [1.82, 2.24) is 0 Å². The average molecular weight is 383 g/mol. The Morgan fingerprint density at radius 2 is 1.71 bits per heavy atom. The van der Waals surface area contributed by atoms with Gasteiger partial charge in [-0.05, 0) is 55.5 Å². The molecule has 0 radical (unpaired) electrons. The summed E-state index contributed by atoms with van der Waals surface area (Å²) >= 11 is 0. The Bertz CT molecular complexity index is 736. The highest BCUT2D eigenvalue weighted by Crippen LogP contribution is 2.18. The Labute approximate surface area is 168 Å². The number of aliphatic hydroxyl groups excluding tert-OH is 1. The number of quaternary nitrogens is 1. The van der Waals surface area contributed by atoms with Gasteiger partial charge in [-0.2, -0.15) is 0 Å². The first-order valence-corrected chi connectivity index (χ1v) is 10.4. The predicted octanol–water partition coefficient (Wildman–Crippen LogP) is 3.87. The second-order valence-electron chi connectivity index (χ2n) is 8.21. The summed E-state index contributed by atoms with van der Waals surface area (Å²) in [6.45, 7) is 3.29. The SMILES string of the molecule is C[N+]1(CC(O)COc2ccc(C(=O)CCc3ccccc3)cc2)CCCCC1. The van der Waals surface area contributed by atoms with Crippen LogP contribution < -0.4 is 4.74 Å². The number of ketones is 1. The number of likely N-dealkylation sites (N-methyl/N-ethyl adjacent to an activating group) is 1. The van der Waals surface area contributed by atoms with E-state index in [-0.39, 0.29) is 12.4 Å². The third kappa shape index (κ3) is 6.18. The van der Waals surface area contributed by atoms with Gasteiger partial charge in [0, 0.05) is 12.0 Å². The quantitative estimate of drug-likeness (QED) is 0.529. The lowest BCUT2D eigenvalue weighted by Crippen LogP contribution is -2.52. The second-order valence-corrected chi connectivity index (χ2v) is 8.21. The van der Waals surface area contributed by atoms with Crippen LogP contribution in [-0.4, -0.2) is 54.8 Å².